The summed E-state index contributed by atoms with van der Waals surface area (Å²) in [6, 6.07) is 21.3. The van der Waals surface area contributed by atoms with Gasteiger partial charge in [0.25, 0.3) is 5.91 Å². The van der Waals surface area contributed by atoms with Gasteiger partial charge < -0.3 is 5.32 Å². The lowest BCUT2D eigenvalue weighted by atomic mass is 9.96. The number of carbonyl (C=O) groups excluding carboxylic acids is 2. The van der Waals surface area contributed by atoms with Crippen molar-refractivity contribution >= 4 is 11.9 Å². The monoisotopic (exact) mass is 406 g/mol. The molecule has 4 rings (SSSR count). The van der Waals surface area contributed by atoms with Gasteiger partial charge in [-0.05, 0) is 25.0 Å². The fraction of sp³-hybridized carbons (Fsp3) is 0.417. The number of hydrogen-bond acceptors (Lipinski definition) is 4. The molecule has 2 aliphatic heterocycles. The minimum absolute atomic E-state index is 0.139. The molecule has 0 aromatic heterocycles. The van der Waals surface area contributed by atoms with Gasteiger partial charge in [-0.25, -0.2) is 4.79 Å². The van der Waals surface area contributed by atoms with Gasteiger partial charge >= 0.3 is 6.03 Å². The third-order valence-electron chi connectivity index (χ3n) is 6.09. The van der Waals surface area contributed by atoms with Crippen molar-refractivity contribution in [1.82, 2.24) is 20.0 Å². The van der Waals surface area contributed by atoms with Crippen LogP contribution in [0.1, 0.15) is 31.0 Å². The average Bonchev–Trinajstić information content (AvgIpc) is 2.96. The maximum atomic E-state index is 12.4. The number of nitrogens with one attached hydrogen (secondary N) is 1. The van der Waals surface area contributed by atoms with E-state index in [1.54, 1.807) is 13.8 Å². The molecule has 2 fully saturated rings. The van der Waals surface area contributed by atoms with E-state index in [2.05, 4.69) is 75.8 Å². The second-order valence-electron chi connectivity index (χ2n) is 8.61. The first-order valence-electron chi connectivity index (χ1n) is 10.7. The fourth-order valence-corrected chi connectivity index (χ4v) is 4.39. The van der Waals surface area contributed by atoms with Crippen molar-refractivity contribution in [3.63, 3.8) is 0 Å². The Morgan fingerprint density at radius 1 is 0.833 bits per heavy atom. The zero-order valence-electron chi connectivity index (χ0n) is 17.8. The summed E-state index contributed by atoms with van der Waals surface area (Å²) in [4.78, 5) is 30.7. The summed E-state index contributed by atoms with van der Waals surface area (Å²) in [5.74, 6) is -0.139. The van der Waals surface area contributed by atoms with Crippen LogP contribution in [0.3, 0.4) is 0 Å². The van der Waals surface area contributed by atoms with Crippen LogP contribution in [0.2, 0.25) is 0 Å². The van der Waals surface area contributed by atoms with Crippen LogP contribution in [0, 0.1) is 0 Å². The molecule has 2 aromatic rings. The van der Waals surface area contributed by atoms with Crippen LogP contribution in [-0.4, -0.2) is 71.4 Å². The summed E-state index contributed by atoms with van der Waals surface area (Å²) in [6.07, 6.45) is 0. The number of carbonyl (C=O) groups is 2. The smallest absolute Gasteiger partial charge is 0.324 e. The molecule has 158 valence electrons. The normalized spacial score (nSPS) is 20.0. The number of hydrogen-bond donors (Lipinski definition) is 1. The van der Waals surface area contributed by atoms with Crippen LogP contribution >= 0.6 is 0 Å². The minimum atomic E-state index is -0.797. The molecule has 0 saturated carbocycles. The summed E-state index contributed by atoms with van der Waals surface area (Å²) in [6.45, 7) is 8.38. The first kappa shape index (κ1) is 20.6. The van der Waals surface area contributed by atoms with Gasteiger partial charge in [0.05, 0.1) is 6.04 Å². The molecule has 3 amide bonds. The van der Waals surface area contributed by atoms with Crippen LogP contribution in [0.4, 0.5) is 4.79 Å². The number of piperazine rings is 1. The van der Waals surface area contributed by atoms with E-state index in [0.717, 1.165) is 26.2 Å². The highest BCUT2D eigenvalue weighted by Gasteiger charge is 2.44. The van der Waals surface area contributed by atoms with Crippen molar-refractivity contribution in [2.24, 2.45) is 0 Å². The molecule has 2 saturated heterocycles. The highest BCUT2D eigenvalue weighted by Crippen LogP contribution is 2.29. The Morgan fingerprint density at radius 2 is 1.37 bits per heavy atom. The second kappa shape index (κ2) is 8.58. The number of amides is 3. The van der Waals surface area contributed by atoms with Crippen LogP contribution in [-0.2, 0) is 4.79 Å². The molecule has 2 aliphatic rings. The van der Waals surface area contributed by atoms with Crippen molar-refractivity contribution < 1.29 is 9.59 Å². The Balaban J connectivity index is 1.38. The van der Waals surface area contributed by atoms with E-state index in [4.69, 9.17) is 0 Å². The molecule has 6 heteroatoms. The van der Waals surface area contributed by atoms with E-state index in [0.29, 0.717) is 13.1 Å². The maximum absolute atomic E-state index is 12.4. The third kappa shape index (κ3) is 4.25. The van der Waals surface area contributed by atoms with Crippen molar-refractivity contribution in [1.29, 1.82) is 0 Å². The molecule has 2 heterocycles. The van der Waals surface area contributed by atoms with Gasteiger partial charge in [0.15, 0.2) is 0 Å². The minimum Gasteiger partial charge on any atom is -0.324 e. The predicted molar refractivity (Wildman–Crippen MR) is 117 cm³/mol. The maximum Gasteiger partial charge on any atom is 0.325 e. The van der Waals surface area contributed by atoms with E-state index in [1.165, 1.54) is 16.0 Å². The predicted octanol–water partition coefficient (Wildman–Crippen LogP) is 2.72. The Bertz CT molecular complexity index is 837. The number of rotatable bonds is 6. The van der Waals surface area contributed by atoms with Crippen LogP contribution < -0.4 is 5.32 Å². The molecule has 0 spiro atoms. The number of nitrogens with zero attached hydrogens (tertiary/aromatic N) is 3. The lowest BCUT2D eigenvalue weighted by Crippen LogP contribution is -2.50. The quantitative estimate of drug-likeness (QED) is 0.750. The molecule has 0 radical (unpaired) electrons. The Labute approximate surface area is 178 Å². The largest absolute Gasteiger partial charge is 0.325 e. The number of benzene rings is 2. The average molecular weight is 407 g/mol. The molecule has 0 atom stereocenters. The van der Waals surface area contributed by atoms with Crippen LogP contribution in [0.25, 0.3) is 0 Å². The molecular weight excluding hydrogens is 376 g/mol. The molecule has 30 heavy (non-hydrogen) atoms. The van der Waals surface area contributed by atoms with E-state index < -0.39 is 5.54 Å². The molecular formula is C24H30N4O2. The molecule has 6 nitrogen and oxygen atoms in total. The van der Waals surface area contributed by atoms with Crippen molar-refractivity contribution in [2.45, 2.75) is 25.4 Å². The lowest BCUT2D eigenvalue weighted by Gasteiger charge is -2.40. The van der Waals surface area contributed by atoms with Gasteiger partial charge in [0, 0.05) is 39.3 Å². The van der Waals surface area contributed by atoms with E-state index in [1.807, 2.05) is 0 Å². The molecule has 0 unspecified atom stereocenters. The van der Waals surface area contributed by atoms with Gasteiger partial charge in [0.1, 0.15) is 5.54 Å². The van der Waals surface area contributed by atoms with Crippen molar-refractivity contribution in [2.75, 3.05) is 39.3 Å². The SMILES string of the molecule is CC1(C)NC(=O)N(CCN2CCN(C(c3ccccc3)c3ccccc3)CC2)C1=O. The van der Waals surface area contributed by atoms with E-state index in [9.17, 15) is 9.59 Å². The van der Waals surface area contributed by atoms with Gasteiger partial charge in [-0.1, -0.05) is 60.7 Å². The molecule has 1 N–H and O–H groups in total. The second-order valence-corrected chi connectivity index (χ2v) is 8.61. The van der Waals surface area contributed by atoms with Gasteiger partial charge in [-0.2, -0.15) is 0 Å². The zero-order chi connectivity index (χ0) is 21.1. The first-order chi connectivity index (χ1) is 14.5. The molecule has 2 aromatic carbocycles. The summed E-state index contributed by atoms with van der Waals surface area (Å²) in [7, 11) is 0. The lowest BCUT2D eigenvalue weighted by molar-refractivity contribution is -0.130. The zero-order valence-corrected chi connectivity index (χ0v) is 17.8. The van der Waals surface area contributed by atoms with E-state index >= 15 is 0 Å². The Morgan fingerprint density at radius 3 is 1.83 bits per heavy atom. The molecule has 0 aliphatic carbocycles. The van der Waals surface area contributed by atoms with E-state index in [-0.39, 0.29) is 18.0 Å². The number of imide groups is 1. The highest BCUT2D eigenvalue weighted by atomic mass is 16.2. The van der Waals surface area contributed by atoms with Gasteiger partial charge in [0.2, 0.25) is 0 Å². The van der Waals surface area contributed by atoms with Crippen LogP contribution in [0.5, 0.6) is 0 Å². The van der Waals surface area contributed by atoms with Crippen LogP contribution in [0.15, 0.2) is 60.7 Å². The fourth-order valence-electron chi connectivity index (χ4n) is 4.39. The van der Waals surface area contributed by atoms with Gasteiger partial charge in [-0.3, -0.25) is 19.5 Å². The highest BCUT2D eigenvalue weighted by molar-refractivity contribution is 6.06. The summed E-state index contributed by atoms with van der Waals surface area (Å²) in [5, 5.41) is 2.75. The van der Waals surface area contributed by atoms with Gasteiger partial charge in [-0.15, -0.1) is 0 Å². The Kier molecular flexibility index (Phi) is 5.88. The summed E-state index contributed by atoms with van der Waals surface area (Å²) < 4.78 is 0. The first-order valence-corrected chi connectivity index (χ1v) is 10.7. The summed E-state index contributed by atoms with van der Waals surface area (Å²) >= 11 is 0. The summed E-state index contributed by atoms with van der Waals surface area (Å²) in [5.41, 5.74) is 1.81. The molecule has 0 bridgehead atoms. The number of urea groups is 1. The standard InChI is InChI=1S/C24H30N4O2/c1-24(2)22(29)28(23(30)25-24)18-15-26-13-16-27(17-14-26)21(19-9-5-3-6-10-19)20-11-7-4-8-12-20/h3-12,21H,13-18H2,1-2H3,(H,25,30). The topological polar surface area (TPSA) is 55.9 Å². The Hall–Kier alpha value is -2.70. The third-order valence-corrected chi connectivity index (χ3v) is 6.09. The van der Waals surface area contributed by atoms with Crippen molar-refractivity contribution in [3.8, 4) is 0 Å². The van der Waals surface area contributed by atoms with Crippen molar-refractivity contribution in [3.05, 3.63) is 71.8 Å².